The molecule has 3 aromatic rings. The minimum Gasteiger partial charge on any atom is -0.488 e. The molecular weight excluding hydrogens is 439 g/mol. The Labute approximate surface area is 176 Å². The summed E-state index contributed by atoms with van der Waals surface area (Å²) >= 11 is 3.41. The molecule has 1 N–H and O–H groups in total. The number of carbonyl (C=O) groups is 1. The van der Waals surface area contributed by atoms with Crippen molar-refractivity contribution in [1.29, 1.82) is 0 Å². The summed E-state index contributed by atoms with van der Waals surface area (Å²) in [6.45, 7) is 0.0637. The molecule has 0 saturated heterocycles. The lowest BCUT2D eigenvalue weighted by Gasteiger charge is -2.10. The summed E-state index contributed by atoms with van der Waals surface area (Å²) in [5, 5.41) is 6.56. The summed E-state index contributed by atoms with van der Waals surface area (Å²) in [6, 6.07) is 20.6. The maximum absolute atomic E-state index is 13.0. The van der Waals surface area contributed by atoms with Gasteiger partial charge in [0, 0.05) is 15.7 Å². The monoisotopic (exact) mass is 456 g/mol. The number of ether oxygens (including phenoxy) is 1. The van der Waals surface area contributed by atoms with Gasteiger partial charge in [-0.1, -0.05) is 51.4 Å². The second kappa shape index (κ2) is 10.4. The molecule has 0 spiro atoms. The molecule has 5 nitrogen and oxygen atoms in total. The molecule has 0 saturated carbocycles. The van der Waals surface area contributed by atoms with Gasteiger partial charge < -0.3 is 14.9 Å². The first kappa shape index (κ1) is 20.5. The third-order valence-electron chi connectivity index (χ3n) is 3.80. The molecule has 0 radical (unpaired) electrons. The van der Waals surface area contributed by atoms with Crippen LogP contribution >= 0.6 is 15.9 Å². The molecule has 0 aliphatic heterocycles. The molecule has 0 heterocycles. The lowest BCUT2D eigenvalue weighted by atomic mass is 10.2. The lowest BCUT2D eigenvalue weighted by Crippen LogP contribution is -2.16. The van der Waals surface area contributed by atoms with Crippen LogP contribution in [0.5, 0.6) is 5.75 Å². The first-order valence-electron chi connectivity index (χ1n) is 8.77. The van der Waals surface area contributed by atoms with Gasteiger partial charge in [-0.25, -0.2) is 4.39 Å². The zero-order chi connectivity index (χ0) is 20.5. The summed E-state index contributed by atoms with van der Waals surface area (Å²) in [5.74, 6) is -0.0207. The van der Waals surface area contributed by atoms with Gasteiger partial charge in [-0.15, -0.1) is 0 Å². The standard InChI is InChI=1S/C22H18BrFN2O3/c23-18-8-11-21(28-14-16-6-9-19(24)10-7-16)17(12-18)13-25-29-15-22(27)26-20-4-2-1-3-5-20/h1-13H,14-15H2,(H,26,27)/b25-13+. The van der Waals surface area contributed by atoms with Crippen molar-refractivity contribution < 1.29 is 18.8 Å². The van der Waals surface area contributed by atoms with Crippen molar-refractivity contribution in [1.82, 2.24) is 0 Å². The second-order valence-electron chi connectivity index (χ2n) is 6.02. The predicted octanol–water partition coefficient (Wildman–Crippen LogP) is 5.16. The predicted molar refractivity (Wildman–Crippen MR) is 113 cm³/mol. The third-order valence-corrected chi connectivity index (χ3v) is 4.29. The number of anilines is 1. The minimum absolute atomic E-state index is 0.217. The second-order valence-corrected chi connectivity index (χ2v) is 6.94. The number of hydrogen-bond acceptors (Lipinski definition) is 4. The first-order valence-corrected chi connectivity index (χ1v) is 9.56. The van der Waals surface area contributed by atoms with Gasteiger partial charge in [0.25, 0.3) is 5.91 Å². The van der Waals surface area contributed by atoms with Gasteiger partial charge in [-0.3, -0.25) is 4.79 Å². The fourth-order valence-corrected chi connectivity index (χ4v) is 2.78. The smallest absolute Gasteiger partial charge is 0.265 e. The number of rotatable bonds is 8. The first-order chi connectivity index (χ1) is 14.1. The fourth-order valence-electron chi connectivity index (χ4n) is 2.40. The average Bonchev–Trinajstić information content (AvgIpc) is 2.72. The SMILES string of the molecule is O=C(CO/N=C/c1cc(Br)ccc1OCc1ccc(F)cc1)Nc1ccccc1. The van der Waals surface area contributed by atoms with E-state index in [-0.39, 0.29) is 24.9 Å². The van der Waals surface area contributed by atoms with Gasteiger partial charge in [0.1, 0.15) is 18.2 Å². The van der Waals surface area contributed by atoms with Gasteiger partial charge >= 0.3 is 0 Å². The number of para-hydroxylation sites is 1. The molecule has 0 aliphatic rings. The van der Waals surface area contributed by atoms with Crippen LogP contribution in [0.1, 0.15) is 11.1 Å². The molecule has 0 fully saturated rings. The van der Waals surface area contributed by atoms with Crippen LogP contribution in [0.15, 0.2) is 82.4 Å². The lowest BCUT2D eigenvalue weighted by molar-refractivity contribution is -0.120. The Bertz CT molecular complexity index is 979. The largest absolute Gasteiger partial charge is 0.488 e. The highest BCUT2D eigenvalue weighted by Gasteiger charge is 2.05. The van der Waals surface area contributed by atoms with Crippen LogP contribution in [0.25, 0.3) is 0 Å². The average molecular weight is 457 g/mol. The van der Waals surface area contributed by atoms with Crippen molar-refractivity contribution >= 4 is 33.7 Å². The summed E-state index contributed by atoms with van der Waals surface area (Å²) < 4.78 is 19.7. The number of halogens is 2. The highest BCUT2D eigenvalue weighted by atomic mass is 79.9. The molecule has 148 valence electrons. The topological polar surface area (TPSA) is 59.9 Å². The Kier molecular flexibility index (Phi) is 7.35. The summed E-state index contributed by atoms with van der Waals surface area (Å²) in [6.07, 6.45) is 1.47. The maximum Gasteiger partial charge on any atom is 0.265 e. The van der Waals surface area contributed by atoms with Crippen molar-refractivity contribution in [3.05, 3.63) is 94.2 Å². The van der Waals surface area contributed by atoms with Crippen LogP contribution < -0.4 is 10.1 Å². The zero-order valence-corrected chi connectivity index (χ0v) is 16.9. The number of nitrogens with zero attached hydrogens (tertiary/aromatic N) is 1. The molecular formula is C22H18BrFN2O3. The van der Waals surface area contributed by atoms with E-state index < -0.39 is 0 Å². The van der Waals surface area contributed by atoms with E-state index in [2.05, 4.69) is 26.4 Å². The highest BCUT2D eigenvalue weighted by molar-refractivity contribution is 9.10. The fraction of sp³-hybridized carbons (Fsp3) is 0.0909. The zero-order valence-electron chi connectivity index (χ0n) is 15.3. The van der Waals surface area contributed by atoms with E-state index in [9.17, 15) is 9.18 Å². The molecule has 1 amide bonds. The Balaban J connectivity index is 1.55. The Morgan fingerprint density at radius 3 is 2.59 bits per heavy atom. The van der Waals surface area contributed by atoms with Crippen molar-refractivity contribution in [2.75, 3.05) is 11.9 Å². The molecule has 29 heavy (non-hydrogen) atoms. The minimum atomic E-state index is -0.310. The van der Waals surface area contributed by atoms with Crippen LogP contribution in [-0.4, -0.2) is 18.7 Å². The molecule has 0 aliphatic carbocycles. The van der Waals surface area contributed by atoms with Gasteiger partial charge in [0.15, 0.2) is 6.61 Å². The van der Waals surface area contributed by atoms with Crippen LogP contribution in [0, 0.1) is 5.82 Å². The van der Waals surface area contributed by atoms with Crippen LogP contribution in [0.2, 0.25) is 0 Å². The maximum atomic E-state index is 13.0. The van der Waals surface area contributed by atoms with Crippen molar-refractivity contribution in [2.24, 2.45) is 5.16 Å². The molecule has 0 aromatic heterocycles. The van der Waals surface area contributed by atoms with Crippen molar-refractivity contribution in [2.45, 2.75) is 6.61 Å². The summed E-state index contributed by atoms with van der Waals surface area (Å²) in [5.41, 5.74) is 2.20. The van der Waals surface area contributed by atoms with Gasteiger partial charge in [-0.05, 0) is 48.0 Å². The normalized spacial score (nSPS) is 10.7. The molecule has 0 atom stereocenters. The number of benzene rings is 3. The van der Waals surface area contributed by atoms with Gasteiger partial charge in [0.2, 0.25) is 0 Å². The van der Waals surface area contributed by atoms with E-state index in [1.807, 2.05) is 30.3 Å². The molecule has 0 unspecified atom stereocenters. The van der Waals surface area contributed by atoms with Gasteiger partial charge in [0.05, 0.1) is 6.21 Å². The Morgan fingerprint density at radius 1 is 1.07 bits per heavy atom. The molecule has 3 aromatic carbocycles. The van der Waals surface area contributed by atoms with E-state index in [4.69, 9.17) is 9.57 Å². The van der Waals surface area contributed by atoms with Crippen molar-refractivity contribution in [3.63, 3.8) is 0 Å². The van der Waals surface area contributed by atoms with E-state index in [1.165, 1.54) is 18.3 Å². The highest BCUT2D eigenvalue weighted by Crippen LogP contribution is 2.23. The van der Waals surface area contributed by atoms with E-state index in [0.29, 0.717) is 17.0 Å². The number of oxime groups is 1. The van der Waals surface area contributed by atoms with Crippen LogP contribution in [0.4, 0.5) is 10.1 Å². The number of carbonyl (C=O) groups excluding carboxylic acids is 1. The molecule has 0 bridgehead atoms. The molecule has 7 heteroatoms. The molecule has 3 rings (SSSR count). The summed E-state index contributed by atoms with van der Waals surface area (Å²) in [7, 11) is 0. The van der Waals surface area contributed by atoms with Crippen LogP contribution in [-0.2, 0) is 16.2 Å². The van der Waals surface area contributed by atoms with Crippen LogP contribution in [0.3, 0.4) is 0 Å². The number of hydrogen-bond donors (Lipinski definition) is 1. The Hall–Kier alpha value is -3.19. The van der Waals surface area contributed by atoms with Gasteiger partial charge in [-0.2, -0.15) is 0 Å². The van der Waals surface area contributed by atoms with E-state index in [1.54, 1.807) is 30.3 Å². The Morgan fingerprint density at radius 2 is 1.83 bits per heavy atom. The van der Waals surface area contributed by atoms with Crippen molar-refractivity contribution in [3.8, 4) is 5.75 Å². The third kappa shape index (κ3) is 6.73. The number of amides is 1. The summed E-state index contributed by atoms with van der Waals surface area (Å²) in [4.78, 5) is 16.9. The van der Waals surface area contributed by atoms with E-state index in [0.717, 1.165) is 10.0 Å². The number of nitrogens with one attached hydrogen (secondary N) is 1. The van der Waals surface area contributed by atoms with E-state index >= 15 is 0 Å². The quantitative estimate of drug-likeness (QED) is 0.376.